The van der Waals surface area contributed by atoms with Crippen LogP contribution in [0.25, 0.3) is 10.9 Å². The molecule has 1 saturated heterocycles. The molecule has 2 amide bonds. The van der Waals surface area contributed by atoms with Crippen LogP contribution in [0.1, 0.15) is 18.5 Å². The van der Waals surface area contributed by atoms with E-state index in [1.807, 2.05) is 37.3 Å². The summed E-state index contributed by atoms with van der Waals surface area (Å²) in [6, 6.07) is 9.45. The minimum absolute atomic E-state index is 0.0142. The first-order valence-corrected chi connectivity index (χ1v) is 7.24. The highest BCUT2D eigenvalue weighted by Crippen LogP contribution is 2.24. The highest BCUT2D eigenvalue weighted by molar-refractivity contribution is 5.99. The maximum Gasteiger partial charge on any atom is 0.322 e. The van der Waals surface area contributed by atoms with Crippen LogP contribution < -0.4 is 5.32 Å². The summed E-state index contributed by atoms with van der Waals surface area (Å²) in [5.41, 5.74) is 2.42. The second-order valence-electron chi connectivity index (χ2n) is 5.43. The highest BCUT2D eigenvalue weighted by Gasteiger charge is 2.28. The SMILES string of the molecule is Cc1ccc2cccc(NC(=O)N3CCC[C@H]3CO)c2n1. The lowest BCUT2D eigenvalue weighted by molar-refractivity contribution is 0.166. The van der Waals surface area contributed by atoms with E-state index in [9.17, 15) is 9.90 Å². The van der Waals surface area contributed by atoms with Gasteiger partial charge in [0.2, 0.25) is 0 Å². The van der Waals surface area contributed by atoms with Gasteiger partial charge >= 0.3 is 6.03 Å². The number of anilines is 1. The lowest BCUT2D eigenvalue weighted by Crippen LogP contribution is -2.40. The number of aliphatic hydroxyl groups excluding tert-OH is 1. The fraction of sp³-hybridized carbons (Fsp3) is 0.375. The molecule has 1 aromatic carbocycles. The van der Waals surface area contributed by atoms with E-state index in [0.717, 1.165) is 29.4 Å². The molecule has 2 heterocycles. The molecular weight excluding hydrogens is 266 g/mol. The number of benzene rings is 1. The number of pyridine rings is 1. The summed E-state index contributed by atoms with van der Waals surface area (Å²) in [4.78, 5) is 18.6. The Labute approximate surface area is 123 Å². The van der Waals surface area contributed by atoms with Gasteiger partial charge in [0.1, 0.15) is 0 Å². The third-order valence-electron chi connectivity index (χ3n) is 3.95. The predicted molar refractivity (Wildman–Crippen MR) is 82.3 cm³/mol. The molecule has 3 rings (SSSR count). The molecule has 1 fully saturated rings. The van der Waals surface area contributed by atoms with Crippen molar-refractivity contribution in [1.29, 1.82) is 0 Å². The van der Waals surface area contributed by atoms with Gasteiger partial charge in [0.25, 0.3) is 0 Å². The third-order valence-corrected chi connectivity index (χ3v) is 3.95. The molecule has 110 valence electrons. The molecule has 1 aliphatic heterocycles. The van der Waals surface area contributed by atoms with Crippen LogP contribution in [0.3, 0.4) is 0 Å². The fourth-order valence-electron chi connectivity index (χ4n) is 2.83. The second kappa shape index (κ2) is 5.69. The van der Waals surface area contributed by atoms with Gasteiger partial charge in [-0.25, -0.2) is 4.79 Å². The molecule has 1 atom stereocenters. The average Bonchev–Trinajstić information content (AvgIpc) is 2.96. The summed E-state index contributed by atoms with van der Waals surface area (Å²) >= 11 is 0. The van der Waals surface area contributed by atoms with Crippen molar-refractivity contribution in [3.63, 3.8) is 0 Å². The van der Waals surface area contributed by atoms with Crippen molar-refractivity contribution in [2.24, 2.45) is 0 Å². The molecule has 5 nitrogen and oxygen atoms in total. The van der Waals surface area contributed by atoms with Crippen molar-refractivity contribution < 1.29 is 9.90 Å². The molecule has 2 aromatic rings. The number of hydrogen-bond acceptors (Lipinski definition) is 3. The topological polar surface area (TPSA) is 65.5 Å². The van der Waals surface area contributed by atoms with Gasteiger partial charge in [-0.2, -0.15) is 0 Å². The van der Waals surface area contributed by atoms with Gasteiger partial charge in [-0.05, 0) is 31.9 Å². The Balaban J connectivity index is 1.88. The van der Waals surface area contributed by atoms with Crippen molar-refractivity contribution in [3.05, 3.63) is 36.0 Å². The minimum Gasteiger partial charge on any atom is -0.394 e. The number of hydrogen-bond donors (Lipinski definition) is 2. The van der Waals surface area contributed by atoms with Crippen LogP contribution in [-0.2, 0) is 0 Å². The lowest BCUT2D eigenvalue weighted by Gasteiger charge is -2.23. The van der Waals surface area contributed by atoms with E-state index in [0.29, 0.717) is 12.2 Å². The molecule has 0 spiro atoms. The molecule has 5 heteroatoms. The maximum atomic E-state index is 12.4. The number of fused-ring (bicyclic) bond motifs is 1. The van der Waals surface area contributed by atoms with Crippen LogP contribution in [0.15, 0.2) is 30.3 Å². The van der Waals surface area contributed by atoms with Gasteiger partial charge in [0.05, 0.1) is 23.9 Å². The number of urea groups is 1. The van der Waals surface area contributed by atoms with E-state index in [1.54, 1.807) is 4.90 Å². The normalized spacial score (nSPS) is 18.2. The zero-order chi connectivity index (χ0) is 14.8. The Hall–Kier alpha value is -2.14. The second-order valence-corrected chi connectivity index (χ2v) is 5.43. The Morgan fingerprint density at radius 3 is 3.10 bits per heavy atom. The number of amides is 2. The predicted octanol–water partition coefficient (Wildman–Crippen LogP) is 2.53. The van der Waals surface area contributed by atoms with Crippen molar-refractivity contribution in [2.45, 2.75) is 25.8 Å². The van der Waals surface area contributed by atoms with Crippen molar-refractivity contribution in [1.82, 2.24) is 9.88 Å². The third kappa shape index (κ3) is 2.69. The smallest absolute Gasteiger partial charge is 0.322 e. The zero-order valence-corrected chi connectivity index (χ0v) is 12.0. The first kappa shape index (κ1) is 13.8. The standard InChI is InChI=1S/C16H19N3O2/c1-11-7-8-12-4-2-6-14(15(12)17-11)18-16(21)19-9-3-5-13(19)10-20/h2,4,6-8,13,20H,3,5,9-10H2,1H3,(H,18,21)/t13-/m0/s1. The Morgan fingerprint density at radius 2 is 2.29 bits per heavy atom. The quantitative estimate of drug-likeness (QED) is 0.891. The molecule has 0 unspecified atom stereocenters. The Bertz CT molecular complexity index is 672. The number of aromatic nitrogens is 1. The van der Waals surface area contributed by atoms with Gasteiger partial charge in [0.15, 0.2) is 0 Å². The number of carbonyl (C=O) groups is 1. The summed E-state index contributed by atoms with van der Waals surface area (Å²) in [6.07, 6.45) is 1.79. The number of nitrogens with zero attached hydrogens (tertiary/aromatic N) is 2. The number of nitrogens with one attached hydrogen (secondary N) is 1. The number of para-hydroxylation sites is 1. The molecule has 0 saturated carbocycles. The first-order chi connectivity index (χ1) is 10.2. The molecule has 1 aromatic heterocycles. The van der Waals surface area contributed by atoms with E-state index >= 15 is 0 Å². The maximum absolute atomic E-state index is 12.4. The van der Waals surface area contributed by atoms with Crippen LogP contribution >= 0.6 is 0 Å². The van der Waals surface area contributed by atoms with Gasteiger partial charge < -0.3 is 15.3 Å². The summed E-state index contributed by atoms with van der Waals surface area (Å²) in [5, 5.41) is 13.3. The van der Waals surface area contributed by atoms with Gasteiger partial charge in [-0.1, -0.05) is 18.2 Å². The van der Waals surface area contributed by atoms with Crippen LogP contribution in [0, 0.1) is 6.92 Å². The van der Waals surface area contributed by atoms with E-state index in [4.69, 9.17) is 0 Å². The van der Waals surface area contributed by atoms with Crippen molar-refractivity contribution in [3.8, 4) is 0 Å². The number of aryl methyl sites for hydroxylation is 1. The Kier molecular flexibility index (Phi) is 3.75. The summed E-state index contributed by atoms with van der Waals surface area (Å²) in [5.74, 6) is 0. The van der Waals surface area contributed by atoms with E-state index < -0.39 is 0 Å². The molecule has 1 aliphatic rings. The molecule has 0 bridgehead atoms. The van der Waals surface area contributed by atoms with Crippen LogP contribution in [0.2, 0.25) is 0 Å². The van der Waals surface area contributed by atoms with E-state index in [2.05, 4.69) is 10.3 Å². The van der Waals surface area contributed by atoms with Gasteiger partial charge in [-0.15, -0.1) is 0 Å². The molecule has 21 heavy (non-hydrogen) atoms. The summed E-state index contributed by atoms with van der Waals surface area (Å²) in [6.45, 7) is 2.63. The summed E-state index contributed by atoms with van der Waals surface area (Å²) in [7, 11) is 0. The van der Waals surface area contributed by atoms with Crippen LogP contribution in [0.4, 0.5) is 10.5 Å². The number of carbonyl (C=O) groups excluding carboxylic acids is 1. The van der Waals surface area contributed by atoms with Crippen LogP contribution in [-0.4, -0.2) is 40.2 Å². The molecule has 0 aliphatic carbocycles. The summed E-state index contributed by atoms with van der Waals surface area (Å²) < 4.78 is 0. The molecule has 2 N–H and O–H groups in total. The van der Waals surface area contributed by atoms with E-state index in [-0.39, 0.29) is 18.7 Å². The largest absolute Gasteiger partial charge is 0.394 e. The lowest BCUT2D eigenvalue weighted by atomic mass is 10.2. The van der Waals surface area contributed by atoms with Crippen LogP contribution in [0.5, 0.6) is 0 Å². The van der Waals surface area contributed by atoms with Crippen molar-refractivity contribution >= 4 is 22.6 Å². The van der Waals surface area contributed by atoms with E-state index in [1.165, 1.54) is 0 Å². The van der Waals surface area contributed by atoms with Crippen molar-refractivity contribution in [2.75, 3.05) is 18.5 Å². The first-order valence-electron chi connectivity index (χ1n) is 7.24. The average molecular weight is 285 g/mol. The number of likely N-dealkylation sites (tertiary alicyclic amines) is 1. The fourth-order valence-corrected chi connectivity index (χ4v) is 2.83. The highest BCUT2D eigenvalue weighted by atomic mass is 16.3. The van der Waals surface area contributed by atoms with Gasteiger partial charge in [0, 0.05) is 17.6 Å². The van der Waals surface area contributed by atoms with Gasteiger partial charge in [-0.3, -0.25) is 4.98 Å². The number of rotatable bonds is 2. The Morgan fingerprint density at radius 1 is 1.43 bits per heavy atom. The number of aliphatic hydroxyl groups is 1. The molecular formula is C16H19N3O2. The minimum atomic E-state index is -0.164. The zero-order valence-electron chi connectivity index (χ0n) is 12.0. The molecule has 0 radical (unpaired) electrons. The monoisotopic (exact) mass is 285 g/mol.